The molecule has 17 heavy (non-hydrogen) atoms. The van der Waals surface area contributed by atoms with Crippen LogP contribution in [0.5, 0.6) is 0 Å². The maximum absolute atomic E-state index is 5.51. The van der Waals surface area contributed by atoms with Crippen LogP contribution in [0.25, 0.3) is 0 Å². The van der Waals surface area contributed by atoms with Gasteiger partial charge in [0.15, 0.2) is 0 Å². The Morgan fingerprint density at radius 1 is 1.24 bits per heavy atom. The summed E-state index contributed by atoms with van der Waals surface area (Å²) < 4.78 is 0. The zero-order valence-corrected chi connectivity index (χ0v) is 12.0. The molecule has 0 amide bonds. The van der Waals surface area contributed by atoms with Gasteiger partial charge in [-0.1, -0.05) is 26.0 Å². The van der Waals surface area contributed by atoms with Gasteiger partial charge in [0, 0.05) is 16.7 Å². The minimum atomic E-state index is 0.646. The van der Waals surface area contributed by atoms with Crippen LogP contribution >= 0.6 is 11.8 Å². The third-order valence-corrected chi connectivity index (χ3v) is 3.51. The van der Waals surface area contributed by atoms with Crippen LogP contribution in [-0.2, 0) is 6.54 Å². The molecule has 3 heteroatoms. The van der Waals surface area contributed by atoms with Gasteiger partial charge in [0.2, 0.25) is 0 Å². The van der Waals surface area contributed by atoms with Gasteiger partial charge in [-0.2, -0.15) is 0 Å². The van der Waals surface area contributed by atoms with Gasteiger partial charge in [-0.15, -0.1) is 11.8 Å². The lowest BCUT2D eigenvalue weighted by atomic mass is 10.2. The molecular weight excluding hydrogens is 228 g/mol. The van der Waals surface area contributed by atoms with Crippen molar-refractivity contribution in [2.45, 2.75) is 37.0 Å². The van der Waals surface area contributed by atoms with Gasteiger partial charge in [0.05, 0.1) is 0 Å². The van der Waals surface area contributed by atoms with Gasteiger partial charge in [0.1, 0.15) is 0 Å². The van der Waals surface area contributed by atoms with E-state index >= 15 is 0 Å². The predicted octanol–water partition coefficient (Wildman–Crippen LogP) is 2.97. The topological polar surface area (TPSA) is 29.3 Å². The van der Waals surface area contributed by atoms with Crippen molar-refractivity contribution >= 4 is 11.8 Å². The Morgan fingerprint density at radius 2 is 1.88 bits per heavy atom. The Hall–Kier alpha value is -0.510. The number of nitrogens with two attached hydrogens (primary N) is 1. The molecule has 0 saturated carbocycles. The average Bonchev–Trinajstić information content (AvgIpc) is 2.28. The summed E-state index contributed by atoms with van der Waals surface area (Å²) in [5, 5.41) is 0.646. The van der Waals surface area contributed by atoms with E-state index in [2.05, 4.69) is 50.1 Å². The van der Waals surface area contributed by atoms with Crippen molar-refractivity contribution in [3.63, 3.8) is 0 Å². The molecule has 0 aliphatic heterocycles. The monoisotopic (exact) mass is 252 g/mol. The number of rotatable bonds is 7. The highest BCUT2D eigenvalue weighted by molar-refractivity contribution is 7.99. The molecule has 0 aromatic heterocycles. The molecular formula is C14H24N2S. The number of nitrogens with zero attached hydrogens (tertiary/aromatic N) is 1. The SMILES string of the molecule is CC(C)Sc1ccc(CN(C)CCCN)cc1. The lowest BCUT2D eigenvalue weighted by Gasteiger charge is -2.16. The Bertz CT molecular complexity index is 309. The summed E-state index contributed by atoms with van der Waals surface area (Å²) in [5.74, 6) is 0. The summed E-state index contributed by atoms with van der Waals surface area (Å²) in [4.78, 5) is 3.67. The zero-order valence-electron chi connectivity index (χ0n) is 11.1. The van der Waals surface area contributed by atoms with Gasteiger partial charge >= 0.3 is 0 Å². The molecule has 0 saturated heterocycles. The highest BCUT2D eigenvalue weighted by atomic mass is 32.2. The van der Waals surface area contributed by atoms with Crippen molar-refractivity contribution in [3.05, 3.63) is 29.8 Å². The van der Waals surface area contributed by atoms with Crippen LogP contribution in [0.2, 0.25) is 0 Å². The summed E-state index contributed by atoms with van der Waals surface area (Å²) in [6, 6.07) is 8.89. The van der Waals surface area contributed by atoms with E-state index in [4.69, 9.17) is 5.73 Å². The molecule has 0 unspecified atom stereocenters. The minimum absolute atomic E-state index is 0.646. The van der Waals surface area contributed by atoms with E-state index in [1.54, 1.807) is 0 Å². The van der Waals surface area contributed by atoms with Gasteiger partial charge in [-0.25, -0.2) is 0 Å². The Balaban J connectivity index is 2.44. The second kappa shape index (κ2) is 7.75. The number of thioether (sulfide) groups is 1. The smallest absolute Gasteiger partial charge is 0.0230 e. The largest absolute Gasteiger partial charge is 0.330 e. The number of hydrogen-bond acceptors (Lipinski definition) is 3. The average molecular weight is 252 g/mol. The molecule has 1 aromatic rings. The molecule has 0 aliphatic carbocycles. The molecule has 0 heterocycles. The highest BCUT2D eigenvalue weighted by Gasteiger charge is 2.01. The van der Waals surface area contributed by atoms with E-state index in [1.165, 1.54) is 10.5 Å². The van der Waals surface area contributed by atoms with E-state index < -0.39 is 0 Å². The van der Waals surface area contributed by atoms with Crippen molar-refractivity contribution < 1.29 is 0 Å². The van der Waals surface area contributed by atoms with Crippen LogP contribution in [0.4, 0.5) is 0 Å². The molecule has 2 N–H and O–H groups in total. The molecule has 0 aliphatic rings. The highest BCUT2D eigenvalue weighted by Crippen LogP contribution is 2.23. The maximum atomic E-state index is 5.51. The Kier molecular flexibility index (Phi) is 6.63. The fourth-order valence-corrected chi connectivity index (χ4v) is 2.54. The van der Waals surface area contributed by atoms with Gasteiger partial charge in [0.25, 0.3) is 0 Å². The minimum Gasteiger partial charge on any atom is -0.330 e. The molecule has 96 valence electrons. The summed E-state index contributed by atoms with van der Waals surface area (Å²) in [6.45, 7) is 7.29. The lowest BCUT2D eigenvalue weighted by molar-refractivity contribution is 0.324. The molecule has 0 radical (unpaired) electrons. The van der Waals surface area contributed by atoms with Gasteiger partial charge in [-0.3, -0.25) is 0 Å². The Labute approximate surface area is 110 Å². The van der Waals surface area contributed by atoms with Crippen molar-refractivity contribution in [2.75, 3.05) is 20.1 Å². The predicted molar refractivity (Wildman–Crippen MR) is 77.4 cm³/mol. The van der Waals surface area contributed by atoms with E-state index in [9.17, 15) is 0 Å². The third kappa shape index (κ3) is 6.10. The lowest BCUT2D eigenvalue weighted by Crippen LogP contribution is -2.21. The number of benzene rings is 1. The van der Waals surface area contributed by atoms with E-state index in [-0.39, 0.29) is 0 Å². The zero-order chi connectivity index (χ0) is 12.7. The van der Waals surface area contributed by atoms with Crippen LogP contribution in [0.1, 0.15) is 25.8 Å². The molecule has 0 spiro atoms. The molecule has 2 nitrogen and oxygen atoms in total. The summed E-state index contributed by atoms with van der Waals surface area (Å²) in [5.41, 5.74) is 6.88. The first-order valence-electron chi connectivity index (χ1n) is 6.26. The van der Waals surface area contributed by atoms with Crippen molar-refractivity contribution in [2.24, 2.45) is 5.73 Å². The standard InChI is InChI=1S/C14H24N2S/c1-12(2)17-14-7-5-13(6-8-14)11-16(3)10-4-9-15/h5-8,12H,4,9-11,15H2,1-3H3. The first-order valence-corrected chi connectivity index (χ1v) is 7.14. The first-order chi connectivity index (χ1) is 8.11. The Morgan fingerprint density at radius 3 is 2.41 bits per heavy atom. The van der Waals surface area contributed by atoms with Gasteiger partial charge in [-0.05, 0) is 44.3 Å². The molecule has 0 bridgehead atoms. The van der Waals surface area contributed by atoms with Crippen molar-refractivity contribution in [1.29, 1.82) is 0 Å². The van der Waals surface area contributed by atoms with Crippen molar-refractivity contribution in [3.8, 4) is 0 Å². The fourth-order valence-electron chi connectivity index (χ4n) is 1.70. The first kappa shape index (κ1) is 14.6. The summed E-state index contributed by atoms with van der Waals surface area (Å²) in [6.07, 6.45) is 1.07. The van der Waals surface area contributed by atoms with Crippen LogP contribution in [0, 0.1) is 0 Å². The van der Waals surface area contributed by atoms with E-state index in [0.717, 1.165) is 26.1 Å². The van der Waals surface area contributed by atoms with Gasteiger partial charge < -0.3 is 10.6 Å². The quantitative estimate of drug-likeness (QED) is 0.757. The maximum Gasteiger partial charge on any atom is 0.0230 e. The van der Waals surface area contributed by atoms with Crippen LogP contribution in [0.15, 0.2) is 29.2 Å². The molecule has 1 rings (SSSR count). The van der Waals surface area contributed by atoms with E-state index in [1.807, 2.05) is 11.8 Å². The van der Waals surface area contributed by atoms with Crippen LogP contribution in [-0.4, -0.2) is 30.3 Å². The van der Waals surface area contributed by atoms with E-state index in [0.29, 0.717) is 5.25 Å². The molecule has 0 fully saturated rings. The number of hydrogen-bond donors (Lipinski definition) is 1. The normalized spacial score (nSPS) is 11.4. The molecule has 0 atom stereocenters. The van der Waals surface area contributed by atoms with Crippen LogP contribution < -0.4 is 5.73 Å². The second-order valence-electron chi connectivity index (χ2n) is 4.69. The summed E-state index contributed by atoms with van der Waals surface area (Å²) in [7, 11) is 2.15. The third-order valence-electron chi connectivity index (χ3n) is 2.49. The van der Waals surface area contributed by atoms with Crippen molar-refractivity contribution in [1.82, 2.24) is 4.90 Å². The fraction of sp³-hybridized carbons (Fsp3) is 0.571. The molecule has 1 aromatic carbocycles. The second-order valence-corrected chi connectivity index (χ2v) is 6.34. The van der Waals surface area contributed by atoms with Crippen LogP contribution in [0.3, 0.4) is 0 Å². The summed E-state index contributed by atoms with van der Waals surface area (Å²) >= 11 is 1.91.